The zero-order valence-corrected chi connectivity index (χ0v) is 13.0. The second kappa shape index (κ2) is 7.15. The van der Waals surface area contributed by atoms with E-state index in [4.69, 9.17) is 27.9 Å². The molecule has 0 aromatic heterocycles. The van der Waals surface area contributed by atoms with Crippen molar-refractivity contribution in [1.82, 2.24) is 0 Å². The third kappa shape index (κ3) is 4.65. The van der Waals surface area contributed by atoms with Gasteiger partial charge < -0.3 is 15.4 Å². The monoisotopic (exact) mass is 338 g/mol. The number of urea groups is 1. The van der Waals surface area contributed by atoms with Crippen molar-refractivity contribution in [3.8, 4) is 5.75 Å². The highest BCUT2D eigenvalue weighted by atomic mass is 35.5. The van der Waals surface area contributed by atoms with E-state index in [0.717, 1.165) is 0 Å². The van der Waals surface area contributed by atoms with Crippen LogP contribution in [0.5, 0.6) is 5.75 Å². The van der Waals surface area contributed by atoms with Crippen molar-refractivity contribution in [2.45, 2.75) is 6.92 Å². The van der Waals surface area contributed by atoms with Crippen molar-refractivity contribution in [3.63, 3.8) is 0 Å². The molecule has 0 saturated heterocycles. The predicted molar refractivity (Wildman–Crippen MR) is 86.9 cm³/mol. The van der Waals surface area contributed by atoms with Crippen molar-refractivity contribution < 1.29 is 14.3 Å². The van der Waals surface area contributed by atoms with Crippen LogP contribution in [0.1, 0.15) is 6.92 Å². The molecule has 22 heavy (non-hydrogen) atoms. The van der Waals surface area contributed by atoms with Crippen molar-refractivity contribution in [1.29, 1.82) is 0 Å². The lowest BCUT2D eigenvalue weighted by Gasteiger charge is -2.10. The zero-order chi connectivity index (χ0) is 16.1. The van der Waals surface area contributed by atoms with Gasteiger partial charge in [0.05, 0.1) is 10.7 Å². The summed E-state index contributed by atoms with van der Waals surface area (Å²) in [7, 11) is 0. The highest BCUT2D eigenvalue weighted by Crippen LogP contribution is 2.25. The Labute approximate surface area is 137 Å². The molecule has 0 bridgehead atoms. The number of benzene rings is 2. The Morgan fingerprint density at radius 3 is 2.55 bits per heavy atom. The number of ether oxygens (including phenoxy) is 1. The normalized spacial score (nSPS) is 9.95. The molecule has 5 nitrogen and oxygen atoms in total. The number of anilines is 2. The molecule has 0 heterocycles. The fourth-order valence-electron chi connectivity index (χ4n) is 1.68. The Morgan fingerprint density at radius 2 is 1.82 bits per heavy atom. The summed E-state index contributed by atoms with van der Waals surface area (Å²) in [5.74, 6) is -0.0987. The average Bonchev–Trinajstić information content (AvgIpc) is 2.42. The Morgan fingerprint density at radius 1 is 1.05 bits per heavy atom. The lowest BCUT2D eigenvalue weighted by atomic mass is 10.3. The van der Waals surface area contributed by atoms with Crippen LogP contribution >= 0.6 is 23.2 Å². The standard InChI is InChI=1S/C15H12Cl2N2O3/c1-9(20)22-12-4-2-3-11(8-12)18-15(21)19-14-7-10(16)5-6-13(14)17/h2-8H,1H3,(H2,18,19,21). The maximum absolute atomic E-state index is 11.9. The number of carbonyl (C=O) groups excluding carboxylic acids is 2. The molecule has 0 unspecified atom stereocenters. The van der Waals surface area contributed by atoms with Crippen LogP contribution in [0, 0.1) is 0 Å². The maximum Gasteiger partial charge on any atom is 0.323 e. The Bertz CT molecular complexity index is 720. The van der Waals surface area contributed by atoms with Crippen LogP contribution in [0.2, 0.25) is 10.0 Å². The van der Waals surface area contributed by atoms with E-state index < -0.39 is 12.0 Å². The molecule has 114 valence electrons. The number of rotatable bonds is 3. The van der Waals surface area contributed by atoms with Crippen LogP contribution in [0.25, 0.3) is 0 Å². The highest BCUT2D eigenvalue weighted by molar-refractivity contribution is 6.35. The van der Waals surface area contributed by atoms with Gasteiger partial charge in [0, 0.05) is 23.7 Å². The van der Waals surface area contributed by atoms with Crippen molar-refractivity contribution in [2.75, 3.05) is 10.6 Å². The van der Waals surface area contributed by atoms with Crippen LogP contribution in [-0.4, -0.2) is 12.0 Å². The van der Waals surface area contributed by atoms with Gasteiger partial charge in [-0.15, -0.1) is 0 Å². The molecule has 0 aliphatic rings. The Balaban J connectivity index is 2.05. The highest BCUT2D eigenvalue weighted by Gasteiger charge is 2.08. The van der Waals surface area contributed by atoms with Crippen LogP contribution in [0.15, 0.2) is 42.5 Å². The molecule has 2 aromatic rings. The molecule has 0 aliphatic heterocycles. The van der Waals surface area contributed by atoms with Gasteiger partial charge in [0.25, 0.3) is 0 Å². The number of amides is 2. The molecule has 0 radical (unpaired) electrons. The van der Waals surface area contributed by atoms with Crippen LogP contribution < -0.4 is 15.4 Å². The number of halogens is 2. The third-order valence-corrected chi connectivity index (χ3v) is 3.09. The molecule has 0 aliphatic carbocycles. The second-order valence-corrected chi connectivity index (χ2v) is 5.17. The first kappa shape index (κ1) is 16.1. The number of esters is 1. The first-order valence-electron chi connectivity index (χ1n) is 6.25. The van der Waals surface area contributed by atoms with E-state index in [0.29, 0.717) is 27.2 Å². The average molecular weight is 339 g/mol. The molecule has 2 rings (SSSR count). The molecule has 0 atom stereocenters. The first-order valence-corrected chi connectivity index (χ1v) is 7.01. The van der Waals surface area contributed by atoms with Gasteiger partial charge in [0.1, 0.15) is 5.75 Å². The summed E-state index contributed by atoms with van der Waals surface area (Å²) in [5.41, 5.74) is 0.859. The van der Waals surface area contributed by atoms with Crippen LogP contribution in [-0.2, 0) is 4.79 Å². The van der Waals surface area contributed by atoms with E-state index in [-0.39, 0.29) is 0 Å². The van der Waals surface area contributed by atoms with E-state index in [1.807, 2.05) is 0 Å². The summed E-state index contributed by atoms with van der Waals surface area (Å²) in [4.78, 5) is 22.9. The molecular formula is C15H12Cl2N2O3. The van der Waals surface area contributed by atoms with Gasteiger partial charge in [0.15, 0.2) is 0 Å². The molecule has 0 spiro atoms. The quantitative estimate of drug-likeness (QED) is 0.636. The minimum Gasteiger partial charge on any atom is -0.427 e. The Kier molecular flexibility index (Phi) is 5.25. The SMILES string of the molecule is CC(=O)Oc1cccc(NC(=O)Nc2cc(Cl)ccc2Cl)c1. The van der Waals surface area contributed by atoms with Crippen LogP contribution in [0.3, 0.4) is 0 Å². The van der Waals surface area contributed by atoms with Crippen molar-refractivity contribution >= 4 is 46.6 Å². The van der Waals surface area contributed by atoms with Gasteiger partial charge in [-0.25, -0.2) is 4.79 Å². The van der Waals surface area contributed by atoms with E-state index in [2.05, 4.69) is 10.6 Å². The number of carbonyl (C=O) groups is 2. The topological polar surface area (TPSA) is 67.4 Å². The minimum absolute atomic E-state index is 0.339. The van der Waals surface area contributed by atoms with E-state index in [9.17, 15) is 9.59 Å². The fraction of sp³-hybridized carbons (Fsp3) is 0.0667. The lowest BCUT2D eigenvalue weighted by molar-refractivity contribution is -0.131. The van der Waals surface area contributed by atoms with Gasteiger partial charge in [-0.3, -0.25) is 4.79 Å². The summed E-state index contributed by atoms with van der Waals surface area (Å²) in [6, 6.07) is 10.7. The molecule has 7 heteroatoms. The lowest BCUT2D eigenvalue weighted by Crippen LogP contribution is -2.19. The summed E-state index contributed by atoms with van der Waals surface area (Å²) in [6.45, 7) is 1.30. The molecule has 2 aromatic carbocycles. The molecule has 2 amide bonds. The maximum atomic E-state index is 11.9. The minimum atomic E-state index is -0.496. The molecule has 0 fully saturated rings. The van der Waals surface area contributed by atoms with E-state index in [1.165, 1.54) is 13.0 Å². The van der Waals surface area contributed by atoms with Gasteiger partial charge >= 0.3 is 12.0 Å². The number of hydrogen-bond acceptors (Lipinski definition) is 3. The third-order valence-electron chi connectivity index (χ3n) is 2.53. The Hall–Kier alpha value is -2.24. The van der Waals surface area contributed by atoms with Gasteiger partial charge in [0.2, 0.25) is 0 Å². The number of nitrogens with one attached hydrogen (secondary N) is 2. The fourth-order valence-corrected chi connectivity index (χ4v) is 2.02. The van der Waals surface area contributed by atoms with Gasteiger partial charge in [-0.05, 0) is 30.3 Å². The zero-order valence-electron chi connectivity index (χ0n) is 11.5. The summed E-state index contributed by atoms with van der Waals surface area (Å²) in [5, 5.41) is 6.02. The molecular weight excluding hydrogens is 327 g/mol. The smallest absolute Gasteiger partial charge is 0.323 e. The summed E-state index contributed by atoms with van der Waals surface area (Å²) in [6.07, 6.45) is 0. The van der Waals surface area contributed by atoms with Gasteiger partial charge in [-0.2, -0.15) is 0 Å². The van der Waals surface area contributed by atoms with Gasteiger partial charge in [-0.1, -0.05) is 29.3 Å². The largest absolute Gasteiger partial charge is 0.427 e. The van der Waals surface area contributed by atoms with Crippen molar-refractivity contribution in [2.24, 2.45) is 0 Å². The van der Waals surface area contributed by atoms with Crippen LogP contribution in [0.4, 0.5) is 16.2 Å². The molecule has 0 saturated carbocycles. The summed E-state index contributed by atoms with van der Waals surface area (Å²) < 4.78 is 4.94. The predicted octanol–water partition coefficient (Wildman–Crippen LogP) is 4.56. The first-order chi connectivity index (χ1) is 10.4. The van der Waals surface area contributed by atoms with E-state index >= 15 is 0 Å². The van der Waals surface area contributed by atoms with Crippen molar-refractivity contribution in [3.05, 3.63) is 52.5 Å². The second-order valence-electron chi connectivity index (χ2n) is 4.32. The van der Waals surface area contributed by atoms with E-state index in [1.54, 1.807) is 36.4 Å². The number of hydrogen-bond donors (Lipinski definition) is 2. The summed E-state index contributed by atoms with van der Waals surface area (Å²) >= 11 is 11.8. The molecule has 2 N–H and O–H groups in total.